The molecule has 14 heavy (non-hydrogen) atoms. The van der Waals surface area contributed by atoms with E-state index >= 15 is 0 Å². The van der Waals surface area contributed by atoms with Gasteiger partial charge in [-0.05, 0) is 38.0 Å². The number of rotatable bonds is 6. The molecule has 1 saturated heterocycles. The summed E-state index contributed by atoms with van der Waals surface area (Å²) in [5, 5.41) is 11.9. The lowest BCUT2D eigenvalue weighted by molar-refractivity contribution is -0.137. The Kier molecular flexibility index (Phi) is 6.03. The van der Waals surface area contributed by atoms with Crippen LogP contribution in [0.15, 0.2) is 0 Å². The van der Waals surface area contributed by atoms with Crippen molar-refractivity contribution in [2.75, 3.05) is 18.1 Å². The van der Waals surface area contributed by atoms with Gasteiger partial charge >= 0.3 is 5.97 Å². The lowest BCUT2D eigenvalue weighted by atomic mass is 10.1. The summed E-state index contributed by atoms with van der Waals surface area (Å²) in [4.78, 5) is 10.2. The van der Waals surface area contributed by atoms with E-state index in [2.05, 4.69) is 5.32 Å². The molecule has 1 rings (SSSR count). The van der Waals surface area contributed by atoms with Crippen LogP contribution in [0, 0.1) is 0 Å². The lowest BCUT2D eigenvalue weighted by Gasteiger charge is -2.22. The molecule has 0 aromatic rings. The standard InChI is InChI=1S/C10H19NO2S/c12-10(13)5-1-2-6-11-9-4-3-7-14-8-9/h9,11H,1-8H2,(H,12,13). The molecule has 2 N–H and O–H groups in total. The van der Waals surface area contributed by atoms with E-state index in [0.717, 1.165) is 19.4 Å². The predicted molar refractivity (Wildman–Crippen MR) is 59.8 cm³/mol. The van der Waals surface area contributed by atoms with Gasteiger partial charge in [0.05, 0.1) is 0 Å². The van der Waals surface area contributed by atoms with Crippen LogP contribution in [0.25, 0.3) is 0 Å². The van der Waals surface area contributed by atoms with Gasteiger partial charge in [-0.2, -0.15) is 11.8 Å². The molecule has 0 bridgehead atoms. The van der Waals surface area contributed by atoms with E-state index in [1.165, 1.54) is 24.3 Å². The van der Waals surface area contributed by atoms with Crippen molar-refractivity contribution < 1.29 is 9.90 Å². The maximum absolute atomic E-state index is 10.2. The van der Waals surface area contributed by atoms with Crippen LogP contribution < -0.4 is 5.32 Å². The molecular weight excluding hydrogens is 198 g/mol. The molecule has 0 amide bonds. The van der Waals surface area contributed by atoms with Gasteiger partial charge in [-0.3, -0.25) is 4.79 Å². The summed E-state index contributed by atoms with van der Waals surface area (Å²) >= 11 is 2.02. The zero-order valence-corrected chi connectivity index (χ0v) is 9.31. The van der Waals surface area contributed by atoms with Crippen LogP contribution in [0.1, 0.15) is 32.1 Å². The summed E-state index contributed by atoms with van der Waals surface area (Å²) < 4.78 is 0. The lowest BCUT2D eigenvalue weighted by Crippen LogP contribution is -2.34. The molecule has 0 saturated carbocycles. The normalized spacial score (nSPS) is 22.1. The van der Waals surface area contributed by atoms with Crippen molar-refractivity contribution in [3.05, 3.63) is 0 Å². The predicted octanol–water partition coefficient (Wildman–Crippen LogP) is 1.73. The van der Waals surface area contributed by atoms with E-state index in [1.807, 2.05) is 11.8 Å². The summed E-state index contributed by atoms with van der Waals surface area (Å²) in [7, 11) is 0. The van der Waals surface area contributed by atoms with Crippen molar-refractivity contribution >= 4 is 17.7 Å². The van der Waals surface area contributed by atoms with E-state index in [9.17, 15) is 4.79 Å². The Balaban J connectivity index is 1.90. The van der Waals surface area contributed by atoms with Gasteiger partial charge in [0.1, 0.15) is 0 Å². The maximum atomic E-state index is 10.2. The molecule has 1 heterocycles. The molecule has 82 valence electrons. The number of unbranched alkanes of at least 4 members (excludes halogenated alkanes) is 1. The number of hydrogen-bond acceptors (Lipinski definition) is 3. The number of thioether (sulfide) groups is 1. The first-order valence-corrected chi connectivity index (χ1v) is 6.47. The van der Waals surface area contributed by atoms with E-state index < -0.39 is 5.97 Å². The van der Waals surface area contributed by atoms with E-state index in [4.69, 9.17) is 5.11 Å². The molecule has 0 aromatic carbocycles. The van der Waals surface area contributed by atoms with Crippen molar-refractivity contribution in [3.8, 4) is 0 Å². The zero-order chi connectivity index (χ0) is 10.2. The topological polar surface area (TPSA) is 49.3 Å². The van der Waals surface area contributed by atoms with Crippen LogP contribution in [0.3, 0.4) is 0 Å². The number of carboxylic acid groups (broad SMARTS) is 1. The first-order valence-electron chi connectivity index (χ1n) is 5.32. The highest BCUT2D eigenvalue weighted by Gasteiger charge is 2.11. The van der Waals surface area contributed by atoms with Crippen molar-refractivity contribution in [1.82, 2.24) is 5.32 Å². The van der Waals surface area contributed by atoms with Gasteiger partial charge in [-0.15, -0.1) is 0 Å². The third-order valence-corrected chi connectivity index (χ3v) is 3.63. The van der Waals surface area contributed by atoms with Gasteiger partial charge in [0.25, 0.3) is 0 Å². The van der Waals surface area contributed by atoms with Gasteiger partial charge < -0.3 is 10.4 Å². The second-order valence-electron chi connectivity index (χ2n) is 3.72. The Labute approximate surface area is 89.6 Å². The Bertz CT molecular complexity index is 170. The van der Waals surface area contributed by atoms with E-state index in [-0.39, 0.29) is 0 Å². The van der Waals surface area contributed by atoms with Crippen molar-refractivity contribution in [3.63, 3.8) is 0 Å². The monoisotopic (exact) mass is 217 g/mol. The fourth-order valence-corrected chi connectivity index (χ4v) is 2.72. The van der Waals surface area contributed by atoms with Crippen LogP contribution in [0.5, 0.6) is 0 Å². The number of nitrogens with one attached hydrogen (secondary N) is 1. The molecule has 0 spiro atoms. The Morgan fingerprint density at radius 2 is 2.36 bits per heavy atom. The summed E-state index contributed by atoms with van der Waals surface area (Å²) in [5.41, 5.74) is 0. The van der Waals surface area contributed by atoms with Crippen LogP contribution in [0.2, 0.25) is 0 Å². The molecule has 0 radical (unpaired) electrons. The average molecular weight is 217 g/mol. The minimum absolute atomic E-state index is 0.307. The largest absolute Gasteiger partial charge is 0.481 e. The van der Waals surface area contributed by atoms with Gasteiger partial charge in [0.15, 0.2) is 0 Å². The van der Waals surface area contributed by atoms with Gasteiger partial charge in [0.2, 0.25) is 0 Å². The van der Waals surface area contributed by atoms with E-state index in [1.54, 1.807) is 0 Å². The first-order chi connectivity index (χ1) is 6.79. The highest BCUT2D eigenvalue weighted by Crippen LogP contribution is 2.16. The number of carboxylic acids is 1. The number of hydrogen-bond donors (Lipinski definition) is 2. The highest BCUT2D eigenvalue weighted by molar-refractivity contribution is 7.99. The summed E-state index contributed by atoms with van der Waals surface area (Å²) in [6, 6.07) is 0.665. The van der Waals surface area contributed by atoms with Crippen molar-refractivity contribution in [1.29, 1.82) is 0 Å². The van der Waals surface area contributed by atoms with E-state index in [0.29, 0.717) is 12.5 Å². The third-order valence-electron chi connectivity index (χ3n) is 2.41. The maximum Gasteiger partial charge on any atom is 0.303 e. The quantitative estimate of drug-likeness (QED) is 0.665. The van der Waals surface area contributed by atoms with Crippen LogP contribution in [-0.2, 0) is 4.79 Å². The van der Waals surface area contributed by atoms with Gasteiger partial charge in [-0.1, -0.05) is 0 Å². The minimum Gasteiger partial charge on any atom is -0.481 e. The number of carbonyl (C=O) groups is 1. The molecule has 1 fully saturated rings. The fourth-order valence-electron chi connectivity index (χ4n) is 1.61. The molecule has 1 atom stereocenters. The Morgan fingerprint density at radius 3 is 3.00 bits per heavy atom. The Morgan fingerprint density at radius 1 is 1.50 bits per heavy atom. The van der Waals surface area contributed by atoms with Crippen LogP contribution >= 0.6 is 11.8 Å². The molecule has 1 aliphatic heterocycles. The zero-order valence-electron chi connectivity index (χ0n) is 8.50. The molecule has 3 nitrogen and oxygen atoms in total. The summed E-state index contributed by atoms with van der Waals surface area (Å²) in [5.74, 6) is 1.84. The average Bonchev–Trinajstić information content (AvgIpc) is 2.18. The van der Waals surface area contributed by atoms with Crippen molar-refractivity contribution in [2.24, 2.45) is 0 Å². The summed E-state index contributed by atoms with van der Waals surface area (Å²) in [6.45, 7) is 0.971. The fraction of sp³-hybridized carbons (Fsp3) is 0.900. The third kappa shape index (κ3) is 5.50. The SMILES string of the molecule is O=C(O)CCCCNC1CCCSC1. The van der Waals surface area contributed by atoms with Gasteiger partial charge in [0, 0.05) is 18.2 Å². The second kappa shape index (κ2) is 7.12. The molecule has 1 aliphatic rings. The van der Waals surface area contributed by atoms with Crippen LogP contribution in [-0.4, -0.2) is 35.2 Å². The Hall–Kier alpha value is -0.220. The molecule has 4 heteroatoms. The van der Waals surface area contributed by atoms with Crippen molar-refractivity contribution in [2.45, 2.75) is 38.1 Å². The highest BCUT2D eigenvalue weighted by atomic mass is 32.2. The smallest absolute Gasteiger partial charge is 0.303 e. The second-order valence-corrected chi connectivity index (χ2v) is 4.87. The first kappa shape index (κ1) is 11.9. The molecule has 0 aliphatic carbocycles. The molecule has 0 aromatic heterocycles. The molecular formula is C10H19NO2S. The van der Waals surface area contributed by atoms with Crippen LogP contribution in [0.4, 0.5) is 0 Å². The minimum atomic E-state index is -0.682. The number of aliphatic carboxylic acids is 1. The van der Waals surface area contributed by atoms with Gasteiger partial charge in [-0.25, -0.2) is 0 Å². The molecule has 1 unspecified atom stereocenters. The summed E-state index contributed by atoms with van der Waals surface area (Å²) in [6.07, 6.45) is 4.68.